The van der Waals surface area contributed by atoms with Crippen LogP contribution in [-0.4, -0.2) is 15.9 Å². The third-order valence-electron chi connectivity index (χ3n) is 4.43. The molecule has 0 aliphatic heterocycles. The number of aliphatic hydroxyl groups is 1. The van der Waals surface area contributed by atoms with Gasteiger partial charge in [-0.1, -0.05) is 57.5 Å². The maximum atomic E-state index is 11.2. The Labute approximate surface area is 200 Å². The van der Waals surface area contributed by atoms with Crippen LogP contribution in [0.5, 0.6) is 0 Å². The van der Waals surface area contributed by atoms with Crippen molar-refractivity contribution in [1.82, 2.24) is 4.98 Å². The maximum Gasteiger partial charge on any atom is 0.159 e. The van der Waals surface area contributed by atoms with Crippen LogP contribution in [0.2, 0.25) is 0 Å². The molecule has 2 aromatic carbocycles. The molecule has 3 aromatic rings. The van der Waals surface area contributed by atoms with Crippen LogP contribution in [0.3, 0.4) is 0 Å². The molecule has 1 heterocycles. The van der Waals surface area contributed by atoms with E-state index in [0.29, 0.717) is 24.7 Å². The number of allylic oxidation sites excluding steroid dienone is 2. The summed E-state index contributed by atoms with van der Waals surface area (Å²) < 4.78 is 0. The molecule has 0 aliphatic rings. The molecule has 0 unspecified atom stereocenters. The normalized spacial score (nSPS) is 11.1. The van der Waals surface area contributed by atoms with Crippen LogP contribution in [-0.2, 0) is 24.9 Å². The molecule has 0 aliphatic carbocycles. The molecule has 0 amide bonds. The number of aliphatic hydroxyl groups excluding tert-OH is 1. The Bertz CT molecular complexity index is 995. The van der Waals surface area contributed by atoms with E-state index >= 15 is 0 Å². The minimum atomic E-state index is 0. The van der Waals surface area contributed by atoms with Gasteiger partial charge in [0.05, 0.1) is 11.3 Å². The van der Waals surface area contributed by atoms with Crippen LogP contribution in [0.15, 0.2) is 66.4 Å². The predicted molar refractivity (Wildman–Crippen MR) is 125 cm³/mol. The van der Waals surface area contributed by atoms with Gasteiger partial charge >= 0.3 is 0 Å². The van der Waals surface area contributed by atoms with E-state index in [9.17, 15) is 9.90 Å². The van der Waals surface area contributed by atoms with Crippen LogP contribution in [0.4, 0.5) is 0 Å². The van der Waals surface area contributed by atoms with Crippen LogP contribution < -0.4 is 0 Å². The molecule has 31 heavy (non-hydrogen) atoms. The van der Waals surface area contributed by atoms with E-state index in [1.54, 1.807) is 0 Å². The number of ketones is 1. The Kier molecular flexibility index (Phi) is 11.4. The monoisotopic (exact) mass is 595 g/mol. The van der Waals surface area contributed by atoms with Crippen molar-refractivity contribution >= 4 is 16.7 Å². The summed E-state index contributed by atoms with van der Waals surface area (Å²) in [5.41, 5.74) is 4.29. The number of fused-ring (bicyclic) bond motifs is 1. The minimum absolute atomic E-state index is 0. The summed E-state index contributed by atoms with van der Waals surface area (Å²) in [5.74, 6) is 0.979. The fraction of sp³-hybridized carbons (Fsp3) is 0.333. The fourth-order valence-electron chi connectivity index (χ4n) is 3.16. The van der Waals surface area contributed by atoms with Crippen LogP contribution in [0.25, 0.3) is 22.2 Å². The topological polar surface area (TPSA) is 50.2 Å². The summed E-state index contributed by atoms with van der Waals surface area (Å²) >= 11 is 0. The average molecular weight is 595 g/mol. The van der Waals surface area contributed by atoms with E-state index in [1.807, 2.05) is 70.2 Å². The number of nitrogens with zero attached hydrogens (tertiary/aromatic N) is 1. The van der Waals surface area contributed by atoms with Gasteiger partial charge in [-0.3, -0.25) is 9.78 Å². The molecular formula is C27H32IrNO2-. The van der Waals surface area contributed by atoms with E-state index in [4.69, 9.17) is 4.98 Å². The molecule has 0 atom stereocenters. The van der Waals surface area contributed by atoms with Crippen molar-refractivity contribution in [2.24, 2.45) is 11.8 Å². The fourth-order valence-corrected chi connectivity index (χ4v) is 3.16. The van der Waals surface area contributed by atoms with Crippen LogP contribution >= 0.6 is 0 Å². The zero-order chi connectivity index (χ0) is 22.1. The average Bonchev–Trinajstić information content (AvgIpc) is 2.67. The number of carbonyl (C=O) groups is 1. The quantitative estimate of drug-likeness (QED) is 0.188. The first-order chi connectivity index (χ1) is 14.3. The Morgan fingerprint density at radius 2 is 1.68 bits per heavy atom. The van der Waals surface area contributed by atoms with E-state index in [1.165, 1.54) is 17.0 Å². The van der Waals surface area contributed by atoms with Crippen molar-refractivity contribution in [3.8, 4) is 11.3 Å². The Morgan fingerprint density at radius 1 is 1.03 bits per heavy atom. The number of benzene rings is 2. The number of hydrogen-bond donors (Lipinski definition) is 1. The molecule has 0 saturated heterocycles. The van der Waals surface area contributed by atoms with Crippen molar-refractivity contribution in [1.29, 1.82) is 0 Å². The summed E-state index contributed by atoms with van der Waals surface area (Å²) in [5, 5.41) is 10.5. The van der Waals surface area contributed by atoms with Crippen LogP contribution in [0.1, 0.15) is 46.1 Å². The zero-order valence-electron chi connectivity index (χ0n) is 19.0. The Morgan fingerprint density at radius 3 is 2.29 bits per heavy atom. The standard InChI is InChI=1S/C16H12N.C11H20O2.Ir/c1-12-11-14-9-5-6-10-15(14)17-16(12)13-7-3-2-4-8-13;1-8(2)5-10(12)7-11(13)6-9(3)4;/h2-7,9-11H,1H3;7-9,12H,5-6H2,1-4H3;/q-1;;/b;10-7-;. The van der Waals surface area contributed by atoms with Crippen molar-refractivity contribution in [2.45, 2.75) is 47.5 Å². The number of hydrogen-bond acceptors (Lipinski definition) is 3. The third kappa shape index (κ3) is 9.16. The number of rotatable bonds is 6. The van der Waals surface area contributed by atoms with Gasteiger partial charge in [0.15, 0.2) is 5.78 Å². The summed E-state index contributed by atoms with van der Waals surface area (Å²) in [4.78, 5) is 15.9. The molecule has 3 rings (SSSR count). The van der Waals surface area contributed by atoms with Gasteiger partial charge in [-0.2, -0.15) is 0 Å². The summed E-state index contributed by atoms with van der Waals surface area (Å²) in [6.07, 6.45) is 2.46. The van der Waals surface area contributed by atoms with Crippen molar-refractivity contribution < 1.29 is 30.0 Å². The molecule has 3 nitrogen and oxygen atoms in total. The first kappa shape index (κ1) is 26.7. The molecular weight excluding hydrogens is 563 g/mol. The van der Waals surface area contributed by atoms with Crippen molar-refractivity contribution in [3.63, 3.8) is 0 Å². The van der Waals surface area contributed by atoms with Gasteiger partial charge in [0.2, 0.25) is 0 Å². The number of para-hydroxylation sites is 1. The number of aromatic nitrogens is 1. The van der Waals surface area contributed by atoms with Gasteiger partial charge in [0.25, 0.3) is 0 Å². The van der Waals surface area contributed by atoms with E-state index in [-0.39, 0.29) is 31.6 Å². The van der Waals surface area contributed by atoms with Gasteiger partial charge in [0, 0.05) is 39.0 Å². The zero-order valence-corrected chi connectivity index (χ0v) is 21.4. The number of carbonyl (C=O) groups excluding carboxylic acids is 1. The van der Waals surface area contributed by atoms with E-state index < -0.39 is 0 Å². The van der Waals surface area contributed by atoms with Gasteiger partial charge in [0.1, 0.15) is 0 Å². The SMILES string of the molecule is CC(C)CC(=O)/C=C(\O)CC(C)C.Cc1cc2ccccc2nc1-c1[c-]cccc1.[Ir]. The van der Waals surface area contributed by atoms with Gasteiger partial charge in [-0.05, 0) is 35.9 Å². The Hall–Kier alpha value is -2.29. The number of aryl methyl sites for hydroxylation is 1. The van der Waals surface area contributed by atoms with E-state index in [0.717, 1.165) is 16.8 Å². The predicted octanol–water partition coefficient (Wildman–Crippen LogP) is 7.10. The van der Waals surface area contributed by atoms with Crippen molar-refractivity contribution in [2.75, 3.05) is 0 Å². The first-order valence-electron chi connectivity index (χ1n) is 10.5. The summed E-state index contributed by atoms with van der Waals surface area (Å²) in [6.45, 7) is 10.1. The minimum Gasteiger partial charge on any atom is -0.512 e. The van der Waals surface area contributed by atoms with Gasteiger partial charge < -0.3 is 5.11 Å². The smallest absolute Gasteiger partial charge is 0.159 e. The molecule has 1 aromatic heterocycles. The van der Waals surface area contributed by atoms with Gasteiger partial charge in [-0.15, -0.1) is 35.9 Å². The first-order valence-corrected chi connectivity index (χ1v) is 10.5. The second-order valence-electron chi connectivity index (χ2n) is 8.42. The molecule has 0 bridgehead atoms. The summed E-state index contributed by atoms with van der Waals surface area (Å²) in [7, 11) is 0. The molecule has 167 valence electrons. The maximum absolute atomic E-state index is 11.2. The largest absolute Gasteiger partial charge is 0.512 e. The summed E-state index contributed by atoms with van der Waals surface area (Å²) in [6, 6.07) is 21.6. The van der Waals surface area contributed by atoms with E-state index in [2.05, 4.69) is 25.1 Å². The van der Waals surface area contributed by atoms with Crippen molar-refractivity contribution in [3.05, 3.63) is 78.1 Å². The molecule has 1 radical (unpaired) electrons. The van der Waals surface area contributed by atoms with Gasteiger partial charge in [-0.25, -0.2) is 0 Å². The number of pyridine rings is 1. The molecule has 0 spiro atoms. The molecule has 0 saturated carbocycles. The van der Waals surface area contributed by atoms with Crippen LogP contribution in [0, 0.1) is 24.8 Å². The Balaban J connectivity index is 0.000000314. The molecule has 0 fully saturated rings. The molecule has 1 N–H and O–H groups in total. The third-order valence-corrected chi connectivity index (χ3v) is 4.43. The second-order valence-corrected chi connectivity index (χ2v) is 8.42. The second kappa shape index (κ2) is 13.2. The molecule has 4 heteroatoms.